The fraction of sp³-hybridized carbons (Fsp3) is 0.222. The second-order valence-electron chi connectivity index (χ2n) is 3.07. The summed E-state index contributed by atoms with van der Waals surface area (Å²) in [4.78, 5) is 38.3. The third kappa shape index (κ3) is 1.88. The van der Waals surface area contributed by atoms with Gasteiger partial charge in [-0.1, -0.05) is 0 Å². The zero-order valence-electron chi connectivity index (χ0n) is 8.12. The molecule has 0 N–H and O–H groups in total. The van der Waals surface area contributed by atoms with E-state index in [4.69, 9.17) is 0 Å². The van der Waals surface area contributed by atoms with E-state index in [1.807, 2.05) is 0 Å². The van der Waals surface area contributed by atoms with Gasteiger partial charge in [0.05, 0.1) is 0 Å². The van der Waals surface area contributed by atoms with Crippen LogP contribution in [0.15, 0.2) is 18.3 Å². The number of imide groups is 1. The monoisotopic (exact) mass is 221 g/mol. The molecule has 1 aromatic rings. The number of rotatable bonds is 2. The van der Waals surface area contributed by atoms with Gasteiger partial charge in [0.2, 0.25) is 0 Å². The van der Waals surface area contributed by atoms with Crippen molar-refractivity contribution in [2.45, 2.75) is 12.8 Å². The maximum absolute atomic E-state index is 11.4. The molecule has 0 radical (unpaired) electrons. The third-order valence-corrected chi connectivity index (χ3v) is 1.96. The molecule has 0 aromatic carbocycles. The molecule has 0 aliphatic carbocycles. The highest BCUT2D eigenvalue weighted by Gasteiger charge is 2.33. The first-order valence-electron chi connectivity index (χ1n) is 4.54. The van der Waals surface area contributed by atoms with Crippen molar-refractivity contribution >= 4 is 17.8 Å². The van der Waals surface area contributed by atoms with Crippen molar-refractivity contribution in [2.24, 2.45) is 0 Å². The highest BCUT2D eigenvalue weighted by Crippen LogP contribution is 2.13. The van der Waals surface area contributed by atoms with Gasteiger partial charge in [-0.25, -0.2) is 4.79 Å². The minimum atomic E-state index is -0.878. The van der Waals surface area contributed by atoms with Crippen LogP contribution in [0, 0.1) is 0 Å². The third-order valence-electron chi connectivity index (χ3n) is 1.96. The molecule has 0 unspecified atom stereocenters. The summed E-state index contributed by atoms with van der Waals surface area (Å²) in [5.74, 6) is -1.93. The summed E-state index contributed by atoms with van der Waals surface area (Å²) in [7, 11) is 0. The number of hydroxylamine groups is 2. The normalized spacial score (nSPS) is 15.4. The van der Waals surface area contributed by atoms with E-state index in [-0.39, 0.29) is 18.5 Å². The quantitative estimate of drug-likeness (QED) is 0.637. The van der Waals surface area contributed by atoms with Crippen molar-refractivity contribution in [1.82, 2.24) is 15.3 Å². The first-order valence-corrected chi connectivity index (χ1v) is 4.54. The zero-order valence-corrected chi connectivity index (χ0v) is 8.12. The molecular weight excluding hydrogens is 214 g/mol. The molecule has 1 aromatic heterocycles. The fourth-order valence-electron chi connectivity index (χ4n) is 1.20. The summed E-state index contributed by atoms with van der Waals surface area (Å²) >= 11 is 0. The molecule has 0 saturated carbocycles. The Morgan fingerprint density at radius 2 is 2.00 bits per heavy atom. The van der Waals surface area contributed by atoms with E-state index in [0.717, 1.165) is 0 Å². The van der Waals surface area contributed by atoms with Crippen molar-refractivity contribution in [3.05, 3.63) is 24.0 Å². The predicted octanol–water partition coefficient (Wildman–Crippen LogP) is -0.303. The van der Waals surface area contributed by atoms with E-state index in [9.17, 15) is 14.4 Å². The Bertz CT molecular complexity index is 429. The molecule has 0 atom stereocenters. The number of hydrogen-bond donors (Lipinski definition) is 0. The lowest BCUT2D eigenvalue weighted by atomic mass is 10.4. The standard InChI is InChI=1S/C9H7N3O4/c13-7-3-4-8(14)12(7)16-9(15)6-2-1-5-10-11-6/h1-2,5H,3-4H2. The van der Waals surface area contributed by atoms with Crippen molar-refractivity contribution in [3.63, 3.8) is 0 Å². The lowest BCUT2D eigenvalue weighted by Gasteiger charge is -2.11. The van der Waals surface area contributed by atoms with Crippen molar-refractivity contribution < 1.29 is 19.2 Å². The topological polar surface area (TPSA) is 89.5 Å². The summed E-state index contributed by atoms with van der Waals surface area (Å²) in [6.45, 7) is 0. The van der Waals surface area contributed by atoms with Gasteiger partial charge in [0.15, 0.2) is 5.69 Å². The van der Waals surface area contributed by atoms with Gasteiger partial charge in [-0.2, -0.15) is 5.10 Å². The highest BCUT2D eigenvalue weighted by molar-refractivity contribution is 6.02. The molecule has 1 aliphatic rings. The van der Waals surface area contributed by atoms with Gasteiger partial charge in [0.1, 0.15) is 0 Å². The van der Waals surface area contributed by atoms with Crippen LogP contribution < -0.4 is 0 Å². The van der Waals surface area contributed by atoms with Crippen LogP contribution in [-0.2, 0) is 14.4 Å². The van der Waals surface area contributed by atoms with Gasteiger partial charge < -0.3 is 4.84 Å². The van der Waals surface area contributed by atoms with E-state index in [1.165, 1.54) is 18.3 Å². The SMILES string of the molecule is O=C(ON1C(=O)CCC1=O)c1cccnn1. The van der Waals surface area contributed by atoms with E-state index in [1.54, 1.807) is 0 Å². The molecule has 2 heterocycles. The second-order valence-corrected chi connectivity index (χ2v) is 3.07. The maximum atomic E-state index is 11.4. The Morgan fingerprint density at radius 3 is 2.56 bits per heavy atom. The minimum absolute atomic E-state index is 0.0602. The first-order chi connectivity index (χ1) is 7.68. The summed E-state index contributed by atoms with van der Waals surface area (Å²) in [6.07, 6.45) is 1.52. The molecule has 1 aliphatic heterocycles. The molecule has 16 heavy (non-hydrogen) atoms. The number of hydrogen-bond acceptors (Lipinski definition) is 6. The van der Waals surface area contributed by atoms with Gasteiger partial charge in [0, 0.05) is 19.0 Å². The highest BCUT2D eigenvalue weighted by atomic mass is 16.7. The molecule has 0 bridgehead atoms. The Morgan fingerprint density at radius 1 is 1.31 bits per heavy atom. The van der Waals surface area contributed by atoms with E-state index < -0.39 is 17.8 Å². The number of aromatic nitrogens is 2. The maximum Gasteiger partial charge on any atom is 0.384 e. The molecule has 0 spiro atoms. The number of carbonyl (C=O) groups excluding carboxylic acids is 3. The summed E-state index contributed by atoms with van der Waals surface area (Å²) in [5.41, 5.74) is -0.0602. The smallest absolute Gasteiger partial charge is 0.323 e. The summed E-state index contributed by atoms with van der Waals surface area (Å²) in [6, 6.07) is 2.87. The van der Waals surface area contributed by atoms with Gasteiger partial charge in [-0.15, -0.1) is 10.2 Å². The fourth-order valence-corrected chi connectivity index (χ4v) is 1.20. The van der Waals surface area contributed by atoms with Crippen LogP contribution in [-0.4, -0.2) is 33.0 Å². The van der Waals surface area contributed by atoms with Crippen LogP contribution in [0.2, 0.25) is 0 Å². The lowest BCUT2D eigenvalue weighted by Crippen LogP contribution is -2.32. The first kappa shape index (κ1) is 10.2. The molecule has 1 saturated heterocycles. The summed E-state index contributed by atoms with van der Waals surface area (Å²) in [5, 5.41) is 7.45. The van der Waals surface area contributed by atoms with E-state index in [2.05, 4.69) is 15.0 Å². The van der Waals surface area contributed by atoms with Crippen molar-refractivity contribution in [1.29, 1.82) is 0 Å². The van der Waals surface area contributed by atoms with Gasteiger partial charge in [0.25, 0.3) is 11.8 Å². The minimum Gasteiger partial charge on any atom is -0.323 e. The van der Waals surface area contributed by atoms with Crippen LogP contribution >= 0.6 is 0 Å². The number of carbonyl (C=O) groups is 3. The largest absolute Gasteiger partial charge is 0.384 e. The Hall–Kier alpha value is -2.31. The van der Waals surface area contributed by atoms with Gasteiger partial charge >= 0.3 is 5.97 Å². The van der Waals surface area contributed by atoms with Gasteiger partial charge in [-0.3, -0.25) is 9.59 Å². The Balaban J connectivity index is 2.08. The molecule has 1 fully saturated rings. The molecule has 2 amide bonds. The van der Waals surface area contributed by atoms with Crippen LogP contribution in [0.4, 0.5) is 0 Å². The Kier molecular flexibility index (Phi) is 2.59. The lowest BCUT2D eigenvalue weighted by molar-refractivity contribution is -0.172. The number of nitrogens with zero attached hydrogens (tertiary/aromatic N) is 3. The Labute approximate surface area is 90.0 Å². The number of amides is 2. The van der Waals surface area contributed by atoms with Crippen molar-refractivity contribution in [2.75, 3.05) is 0 Å². The van der Waals surface area contributed by atoms with Crippen LogP contribution in [0.1, 0.15) is 23.3 Å². The second kappa shape index (κ2) is 4.05. The van der Waals surface area contributed by atoms with Crippen LogP contribution in [0.25, 0.3) is 0 Å². The summed E-state index contributed by atoms with van der Waals surface area (Å²) < 4.78 is 0. The predicted molar refractivity (Wildman–Crippen MR) is 48.5 cm³/mol. The molecule has 82 valence electrons. The van der Waals surface area contributed by atoms with E-state index in [0.29, 0.717) is 5.06 Å². The average Bonchev–Trinajstić information content (AvgIpc) is 2.62. The molecule has 2 rings (SSSR count). The van der Waals surface area contributed by atoms with Gasteiger partial charge in [-0.05, 0) is 12.1 Å². The van der Waals surface area contributed by atoms with Crippen LogP contribution in [0.3, 0.4) is 0 Å². The molecular formula is C9H7N3O4. The zero-order chi connectivity index (χ0) is 11.5. The molecule has 7 nitrogen and oxygen atoms in total. The van der Waals surface area contributed by atoms with Crippen LogP contribution in [0.5, 0.6) is 0 Å². The molecule has 7 heteroatoms. The average molecular weight is 221 g/mol. The van der Waals surface area contributed by atoms with Crippen molar-refractivity contribution in [3.8, 4) is 0 Å². The van der Waals surface area contributed by atoms with E-state index >= 15 is 0 Å².